The first-order valence-electron chi connectivity index (χ1n) is 9.06. The van der Waals surface area contributed by atoms with Gasteiger partial charge in [-0.25, -0.2) is 4.98 Å². The number of hydrogen-bond donors (Lipinski definition) is 0. The van der Waals surface area contributed by atoms with E-state index in [-0.39, 0.29) is 0 Å². The molecule has 0 bridgehead atoms. The van der Waals surface area contributed by atoms with Gasteiger partial charge < -0.3 is 9.80 Å². The molecule has 0 spiro atoms. The van der Waals surface area contributed by atoms with Crippen LogP contribution in [0.1, 0.15) is 23.1 Å². The first-order chi connectivity index (χ1) is 12.3. The maximum Gasteiger partial charge on any atom is 0.157 e. The third kappa shape index (κ3) is 2.07. The summed E-state index contributed by atoms with van der Waals surface area (Å²) in [7, 11) is 2.18. The summed E-state index contributed by atoms with van der Waals surface area (Å²) < 4.78 is 2.25. The second-order valence-corrected chi connectivity index (χ2v) is 7.17. The number of aromatic nitrogens is 2. The Morgan fingerprint density at radius 1 is 1.04 bits per heavy atom. The topological polar surface area (TPSA) is 47.6 Å². The van der Waals surface area contributed by atoms with Gasteiger partial charge in [0.15, 0.2) is 5.65 Å². The lowest BCUT2D eigenvalue weighted by atomic mass is 10.0. The van der Waals surface area contributed by atoms with Crippen LogP contribution in [0.5, 0.6) is 0 Å². The van der Waals surface area contributed by atoms with Crippen molar-refractivity contribution in [1.82, 2.24) is 14.3 Å². The summed E-state index contributed by atoms with van der Waals surface area (Å²) >= 11 is 0. The normalized spacial score (nSPS) is 18.0. The fourth-order valence-electron chi connectivity index (χ4n) is 4.41. The van der Waals surface area contributed by atoms with Gasteiger partial charge >= 0.3 is 0 Å². The van der Waals surface area contributed by atoms with Gasteiger partial charge in [0.2, 0.25) is 0 Å². The molecule has 5 rings (SSSR count). The molecule has 3 heterocycles. The number of likely N-dealkylation sites (N-methyl/N-ethyl adjacent to an activating group) is 1. The van der Waals surface area contributed by atoms with Crippen LogP contribution in [0.2, 0.25) is 0 Å². The molecule has 1 aliphatic heterocycles. The van der Waals surface area contributed by atoms with Gasteiger partial charge in [-0.1, -0.05) is 12.1 Å². The molecule has 126 valence electrons. The van der Waals surface area contributed by atoms with E-state index in [2.05, 4.69) is 39.5 Å². The van der Waals surface area contributed by atoms with Crippen LogP contribution in [-0.4, -0.2) is 47.5 Å². The zero-order valence-electron chi connectivity index (χ0n) is 14.5. The monoisotopic (exact) mass is 331 g/mol. The molecule has 1 fully saturated rings. The third-order valence-corrected chi connectivity index (χ3v) is 5.70. The number of rotatable bonds is 1. The zero-order chi connectivity index (χ0) is 17.0. The molecule has 5 nitrogen and oxygen atoms in total. The van der Waals surface area contributed by atoms with Gasteiger partial charge in [0.1, 0.15) is 11.9 Å². The summed E-state index contributed by atoms with van der Waals surface area (Å²) in [4.78, 5) is 9.72. The summed E-state index contributed by atoms with van der Waals surface area (Å²) in [5, 5.41) is 9.84. The van der Waals surface area contributed by atoms with Crippen molar-refractivity contribution < 1.29 is 0 Å². The Balaban J connectivity index is 1.87. The fraction of sp³-hybridized carbons (Fsp3) is 0.400. The van der Waals surface area contributed by atoms with E-state index in [4.69, 9.17) is 4.98 Å². The van der Waals surface area contributed by atoms with Gasteiger partial charge in [0, 0.05) is 26.2 Å². The third-order valence-electron chi connectivity index (χ3n) is 5.70. The summed E-state index contributed by atoms with van der Waals surface area (Å²) in [5.41, 5.74) is 6.30. The van der Waals surface area contributed by atoms with E-state index in [0.29, 0.717) is 0 Å². The highest BCUT2D eigenvalue weighted by atomic mass is 15.3. The summed E-state index contributed by atoms with van der Waals surface area (Å²) in [6.45, 7) is 4.19. The average molecular weight is 331 g/mol. The van der Waals surface area contributed by atoms with Crippen LogP contribution >= 0.6 is 0 Å². The fourth-order valence-corrected chi connectivity index (χ4v) is 4.41. The number of imidazole rings is 1. The number of nitrogens with zero attached hydrogens (tertiary/aromatic N) is 5. The number of fused-ring (bicyclic) bond motifs is 4. The molecule has 0 unspecified atom stereocenters. The molecular formula is C20H21N5. The average Bonchev–Trinajstić information content (AvgIpc) is 3.25. The molecule has 5 heteroatoms. The minimum absolute atomic E-state index is 0.779. The quantitative estimate of drug-likeness (QED) is 0.688. The van der Waals surface area contributed by atoms with E-state index in [9.17, 15) is 5.26 Å². The van der Waals surface area contributed by atoms with Crippen LogP contribution < -0.4 is 4.90 Å². The standard InChI is InChI=1S/C20H21N5/c1-23-9-11-24(12-10-23)20-15-6-4-5-14(15)16(13-21)19-22-17-7-2-3-8-18(17)25(19)20/h2-3,7-8H,4-6,9-12H2,1H3. The van der Waals surface area contributed by atoms with Gasteiger partial charge in [0.25, 0.3) is 0 Å². The summed E-state index contributed by atoms with van der Waals surface area (Å²) in [5.74, 6) is 1.28. The van der Waals surface area contributed by atoms with Crippen molar-refractivity contribution in [2.45, 2.75) is 19.3 Å². The maximum atomic E-state index is 9.84. The molecule has 0 radical (unpaired) electrons. The largest absolute Gasteiger partial charge is 0.355 e. The molecule has 0 atom stereocenters. The molecule has 1 aromatic carbocycles. The van der Waals surface area contributed by atoms with E-state index >= 15 is 0 Å². The Morgan fingerprint density at radius 3 is 2.60 bits per heavy atom. The molecule has 1 saturated heterocycles. The van der Waals surface area contributed by atoms with E-state index in [1.165, 1.54) is 16.9 Å². The maximum absolute atomic E-state index is 9.84. The first-order valence-corrected chi connectivity index (χ1v) is 9.06. The number of pyridine rings is 1. The molecule has 1 aliphatic carbocycles. The van der Waals surface area contributed by atoms with Crippen molar-refractivity contribution in [3.8, 4) is 6.07 Å². The second kappa shape index (κ2) is 5.47. The Bertz CT molecular complexity index is 1020. The smallest absolute Gasteiger partial charge is 0.157 e. The molecule has 2 aliphatic rings. The minimum atomic E-state index is 0.779. The van der Waals surface area contributed by atoms with E-state index < -0.39 is 0 Å². The van der Waals surface area contributed by atoms with Gasteiger partial charge in [-0.05, 0) is 49.6 Å². The van der Waals surface area contributed by atoms with E-state index in [1.807, 2.05) is 12.1 Å². The molecule has 25 heavy (non-hydrogen) atoms. The molecule has 0 saturated carbocycles. The zero-order valence-corrected chi connectivity index (χ0v) is 14.5. The highest BCUT2D eigenvalue weighted by Gasteiger charge is 2.29. The number of benzene rings is 1. The lowest BCUT2D eigenvalue weighted by Crippen LogP contribution is -2.45. The van der Waals surface area contributed by atoms with Crippen LogP contribution in [0.3, 0.4) is 0 Å². The number of piperazine rings is 1. The summed E-state index contributed by atoms with van der Waals surface area (Å²) in [6, 6.07) is 10.7. The van der Waals surface area contributed by atoms with Crippen LogP contribution in [0.15, 0.2) is 24.3 Å². The van der Waals surface area contributed by atoms with Crippen molar-refractivity contribution in [3.63, 3.8) is 0 Å². The van der Waals surface area contributed by atoms with Gasteiger partial charge in [-0.3, -0.25) is 4.40 Å². The van der Waals surface area contributed by atoms with E-state index in [0.717, 1.165) is 67.7 Å². The van der Waals surface area contributed by atoms with Crippen LogP contribution in [0.25, 0.3) is 16.7 Å². The lowest BCUT2D eigenvalue weighted by molar-refractivity contribution is 0.311. The number of anilines is 1. The predicted octanol–water partition coefficient (Wildman–Crippen LogP) is 2.60. The van der Waals surface area contributed by atoms with Crippen LogP contribution in [0.4, 0.5) is 5.82 Å². The molecule has 3 aromatic rings. The van der Waals surface area contributed by atoms with Crippen molar-refractivity contribution in [3.05, 3.63) is 41.0 Å². The highest BCUT2D eigenvalue weighted by molar-refractivity contribution is 5.86. The first kappa shape index (κ1) is 14.7. The lowest BCUT2D eigenvalue weighted by Gasteiger charge is -2.35. The Labute approximate surface area is 147 Å². The second-order valence-electron chi connectivity index (χ2n) is 7.17. The Hall–Kier alpha value is -2.58. The van der Waals surface area contributed by atoms with Gasteiger partial charge in [0.05, 0.1) is 16.6 Å². The molecule has 0 N–H and O–H groups in total. The number of para-hydroxylation sites is 2. The Kier molecular flexibility index (Phi) is 3.22. The van der Waals surface area contributed by atoms with Gasteiger partial charge in [-0.15, -0.1) is 0 Å². The molecular weight excluding hydrogens is 310 g/mol. The molecule has 2 aromatic heterocycles. The van der Waals surface area contributed by atoms with Crippen molar-refractivity contribution in [2.24, 2.45) is 0 Å². The van der Waals surface area contributed by atoms with E-state index in [1.54, 1.807) is 0 Å². The van der Waals surface area contributed by atoms with Crippen LogP contribution in [-0.2, 0) is 12.8 Å². The molecule has 0 amide bonds. The SMILES string of the molecule is CN1CCN(c2c3c(c(C#N)c4nc5ccccc5n24)CCC3)CC1. The van der Waals surface area contributed by atoms with Crippen LogP contribution in [0, 0.1) is 11.3 Å². The number of nitriles is 1. The predicted molar refractivity (Wildman–Crippen MR) is 99.1 cm³/mol. The summed E-state index contributed by atoms with van der Waals surface area (Å²) in [6.07, 6.45) is 3.20. The van der Waals surface area contributed by atoms with Crippen molar-refractivity contribution in [1.29, 1.82) is 5.26 Å². The van der Waals surface area contributed by atoms with Crippen molar-refractivity contribution >= 4 is 22.5 Å². The Morgan fingerprint density at radius 2 is 1.80 bits per heavy atom. The minimum Gasteiger partial charge on any atom is -0.355 e. The van der Waals surface area contributed by atoms with Gasteiger partial charge in [-0.2, -0.15) is 5.26 Å². The van der Waals surface area contributed by atoms with Crippen molar-refractivity contribution in [2.75, 3.05) is 38.1 Å². The highest BCUT2D eigenvalue weighted by Crippen LogP contribution is 2.38. The number of hydrogen-bond acceptors (Lipinski definition) is 4.